The Morgan fingerprint density at radius 1 is 1.10 bits per heavy atom. The van der Waals surface area contributed by atoms with Gasteiger partial charge in [-0.15, -0.1) is 0 Å². The molecule has 1 atom stereocenters. The van der Waals surface area contributed by atoms with Crippen LogP contribution >= 0.6 is 0 Å². The highest BCUT2D eigenvalue weighted by atomic mass is 16.5. The molecular formula is C18H21NO2. The first kappa shape index (κ1) is 14.1. The molecule has 21 heavy (non-hydrogen) atoms. The van der Waals surface area contributed by atoms with E-state index in [1.165, 1.54) is 27.8 Å². The van der Waals surface area contributed by atoms with Crippen LogP contribution in [0.1, 0.15) is 33.9 Å². The van der Waals surface area contributed by atoms with Crippen molar-refractivity contribution in [2.75, 3.05) is 14.2 Å². The molecule has 3 nitrogen and oxygen atoms in total. The molecule has 0 saturated carbocycles. The van der Waals surface area contributed by atoms with E-state index < -0.39 is 0 Å². The Morgan fingerprint density at radius 3 is 2.67 bits per heavy atom. The van der Waals surface area contributed by atoms with E-state index in [2.05, 4.69) is 42.6 Å². The number of methoxy groups -OCH3 is 1. The van der Waals surface area contributed by atoms with Crippen LogP contribution in [0.15, 0.2) is 36.4 Å². The van der Waals surface area contributed by atoms with Gasteiger partial charge in [-0.1, -0.05) is 35.9 Å². The molecule has 3 heteroatoms. The van der Waals surface area contributed by atoms with Gasteiger partial charge in [0, 0.05) is 5.56 Å². The lowest BCUT2D eigenvalue weighted by molar-refractivity contribution is 0.134. The number of hydrogen-bond donors (Lipinski definition) is 1. The van der Waals surface area contributed by atoms with Crippen molar-refractivity contribution in [3.05, 3.63) is 64.2 Å². The highest BCUT2D eigenvalue weighted by Crippen LogP contribution is 2.32. The van der Waals surface area contributed by atoms with Crippen molar-refractivity contribution >= 4 is 0 Å². The van der Waals surface area contributed by atoms with Gasteiger partial charge in [-0.05, 0) is 36.7 Å². The van der Waals surface area contributed by atoms with Crippen molar-refractivity contribution in [1.29, 1.82) is 0 Å². The predicted octanol–water partition coefficient (Wildman–Crippen LogP) is 3.34. The third-order valence-electron chi connectivity index (χ3n) is 4.06. The fourth-order valence-electron chi connectivity index (χ4n) is 2.95. The highest BCUT2D eigenvalue weighted by Gasteiger charge is 2.19. The Hall–Kier alpha value is -1.84. The van der Waals surface area contributed by atoms with Crippen molar-refractivity contribution in [3.63, 3.8) is 0 Å². The number of aryl methyl sites for hydroxylation is 1. The van der Waals surface area contributed by atoms with Gasteiger partial charge in [-0.25, -0.2) is 0 Å². The predicted molar refractivity (Wildman–Crippen MR) is 83.6 cm³/mol. The maximum Gasteiger partial charge on any atom is 0.123 e. The van der Waals surface area contributed by atoms with E-state index in [4.69, 9.17) is 9.47 Å². The van der Waals surface area contributed by atoms with Gasteiger partial charge in [-0.3, -0.25) is 0 Å². The lowest BCUT2D eigenvalue weighted by Crippen LogP contribution is -2.19. The van der Waals surface area contributed by atoms with E-state index in [9.17, 15) is 0 Å². The van der Waals surface area contributed by atoms with E-state index in [0.717, 1.165) is 12.4 Å². The minimum absolute atomic E-state index is 0.116. The van der Waals surface area contributed by atoms with Crippen LogP contribution < -0.4 is 10.1 Å². The topological polar surface area (TPSA) is 30.5 Å². The molecule has 3 rings (SSSR count). The van der Waals surface area contributed by atoms with Crippen LogP contribution in [-0.4, -0.2) is 14.2 Å². The van der Waals surface area contributed by atoms with Gasteiger partial charge in [0.15, 0.2) is 0 Å². The molecule has 0 radical (unpaired) electrons. The number of fused-ring (bicyclic) bond motifs is 1. The summed E-state index contributed by atoms with van der Waals surface area (Å²) in [6.45, 7) is 3.55. The van der Waals surface area contributed by atoms with Crippen LogP contribution in [0.3, 0.4) is 0 Å². The van der Waals surface area contributed by atoms with Gasteiger partial charge in [0.05, 0.1) is 26.4 Å². The number of benzene rings is 2. The molecule has 0 amide bonds. The monoisotopic (exact) mass is 283 g/mol. The highest BCUT2D eigenvalue weighted by molar-refractivity contribution is 5.45. The second-order valence-electron chi connectivity index (χ2n) is 5.49. The maximum absolute atomic E-state index is 5.53. The Kier molecular flexibility index (Phi) is 3.95. The summed E-state index contributed by atoms with van der Waals surface area (Å²) in [6, 6.07) is 13.0. The summed E-state index contributed by atoms with van der Waals surface area (Å²) in [5.41, 5.74) is 6.23. The second-order valence-corrected chi connectivity index (χ2v) is 5.49. The van der Waals surface area contributed by atoms with Crippen molar-refractivity contribution in [2.24, 2.45) is 0 Å². The summed E-state index contributed by atoms with van der Waals surface area (Å²) in [4.78, 5) is 0. The third kappa shape index (κ3) is 2.67. The zero-order valence-corrected chi connectivity index (χ0v) is 12.8. The molecule has 1 aliphatic rings. The number of ether oxygens (including phenoxy) is 2. The van der Waals surface area contributed by atoms with Crippen LogP contribution in [-0.2, 0) is 18.0 Å². The van der Waals surface area contributed by atoms with Gasteiger partial charge >= 0.3 is 0 Å². The number of hydrogen-bond acceptors (Lipinski definition) is 3. The molecule has 110 valence electrons. The Balaban J connectivity index is 2.04. The zero-order valence-electron chi connectivity index (χ0n) is 12.8. The average Bonchev–Trinajstić information content (AvgIpc) is 2.96. The molecule has 2 aromatic carbocycles. The fraction of sp³-hybridized carbons (Fsp3) is 0.333. The Morgan fingerprint density at radius 2 is 1.90 bits per heavy atom. The molecule has 0 saturated heterocycles. The largest absolute Gasteiger partial charge is 0.496 e. The summed E-state index contributed by atoms with van der Waals surface area (Å²) in [6.07, 6.45) is 0. The average molecular weight is 283 g/mol. The smallest absolute Gasteiger partial charge is 0.123 e. The molecule has 1 N–H and O–H groups in total. The van der Waals surface area contributed by atoms with E-state index >= 15 is 0 Å². The SMILES string of the molecule is CNC(c1ccc2c(c1)COC2)c1cc(C)ccc1OC. The second kappa shape index (κ2) is 5.88. The van der Waals surface area contributed by atoms with Gasteiger partial charge in [0.1, 0.15) is 5.75 Å². The molecule has 0 aromatic heterocycles. The van der Waals surface area contributed by atoms with Crippen molar-refractivity contribution in [1.82, 2.24) is 5.32 Å². The first-order valence-corrected chi connectivity index (χ1v) is 7.24. The Labute approximate surface area is 125 Å². The van der Waals surface area contributed by atoms with E-state index in [0.29, 0.717) is 6.61 Å². The van der Waals surface area contributed by atoms with Crippen molar-refractivity contribution in [3.8, 4) is 5.75 Å². The molecule has 0 fully saturated rings. The summed E-state index contributed by atoms with van der Waals surface area (Å²) in [5, 5.41) is 3.41. The fourth-order valence-corrected chi connectivity index (χ4v) is 2.95. The van der Waals surface area contributed by atoms with Crippen molar-refractivity contribution in [2.45, 2.75) is 26.2 Å². The lowest BCUT2D eigenvalue weighted by atomic mass is 9.94. The normalized spacial score (nSPS) is 14.8. The van der Waals surface area contributed by atoms with Gasteiger partial charge < -0.3 is 14.8 Å². The van der Waals surface area contributed by atoms with Crippen LogP contribution in [0, 0.1) is 6.92 Å². The van der Waals surface area contributed by atoms with Gasteiger partial charge in [0.2, 0.25) is 0 Å². The summed E-state index contributed by atoms with van der Waals surface area (Å²) < 4.78 is 11.0. The quantitative estimate of drug-likeness (QED) is 0.933. The standard InChI is InChI=1S/C18H21NO2/c1-12-4-7-17(20-3)16(8-12)18(19-2)13-5-6-14-10-21-11-15(14)9-13/h4-9,18-19H,10-11H2,1-3H3. The van der Waals surface area contributed by atoms with Crippen LogP contribution in [0.4, 0.5) is 0 Å². The summed E-state index contributed by atoms with van der Waals surface area (Å²) in [7, 11) is 3.70. The lowest BCUT2D eigenvalue weighted by Gasteiger charge is -2.21. The molecule has 0 bridgehead atoms. The molecular weight excluding hydrogens is 262 g/mol. The molecule has 1 unspecified atom stereocenters. The third-order valence-corrected chi connectivity index (χ3v) is 4.06. The molecule has 1 heterocycles. The molecule has 0 spiro atoms. The van der Waals surface area contributed by atoms with Gasteiger partial charge in [-0.2, -0.15) is 0 Å². The number of nitrogens with one attached hydrogen (secondary N) is 1. The minimum Gasteiger partial charge on any atom is -0.496 e. The van der Waals surface area contributed by atoms with E-state index in [1.54, 1.807) is 7.11 Å². The molecule has 2 aromatic rings. The van der Waals surface area contributed by atoms with E-state index in [1.807, 2.05) is 13.1 Å². The maximum atomic E-state index is 5.53. The minimum atomic E-state index is 0.116. The van der Waals surface area contributed by atoms with Crippen molar-refractivity contribution < 1.29 is 9.47 Å². The van der Waals surface area contributed by atoms with Crippen LogP contribution in [0.25, 0.3) is 0 Å². The first-order valence-electron chi connectivity index (χ1n) is 7.24. The molecule has 1 aliphatic heterocycles. The molecule has 0 aliphatic carbocycles. The van der Waals surface area contributed by atoms with Crippen LogP contribution in [0.5, 0.6) is 5.75 Å². The van der Waals surface area contributed by atoms with Gasteiger partial charge in [0.25, 0.3) is 0 Å². The summed E-state index contributed by atoms with van der Waals surface area (Å²) in [5.74, 6) is 0.914. The van der Waals surface area contributed by atoms with Crippen LogP contribution in [0.2, 0.25) is 0 Å². The first-order chi connectivity index (χ1) is 10.2. The summed E-state index contributed by atoms with van der Waals surface area (Å²) >= 11 is 0. The van der Waals surface area contributed by atoms with E-state index in [-0.39, 0.29) is 6.04 Å². The zero-order chi connectivity index (χ0) is 14.8. The Bertz CT molecular complexity index is 652. The number of rotatable bonds is 4.